The van der Waals surface area contributed by atoms with E-state index in [-0.39, 0.29) is 18.9 Å². The van der Waals surface area contributed by atoms with Crippen LogP contribution < -0.4 is 5.32 Å². The fraction of sp³-hybridized carbons (Fsp3) is 0.364. The molecule has 0 aromatic carbocycles. The number of rotatable bonds is 5. The summed E-state index contributed by atoms with van der Waals surface area (Å²) in [7, 11) is 0. The molecular weight excluding hydrogens is 208 g/mol. The van der Waals surface area contributed by atoms with Crippen LogP contribution in [0.4, 0.5) is 0 Å². The zero-order chi connectivity index (χ0) is 11.8. The Hall–Kier alpha value is -1.91. The number of carbonyl (C=O) groups is 2. The van der Waals surface area contributed by atoms with Gasteiger partial charge in [-0.25, -0.2) is 0 Å². The van der Waals surface area contributed by atoms with E-state index in [0.29, 0.717) is 6.54 Å². The number of hydrogen-bond acceptors (Lipinski definition) is 4. The molecule has 5 heteroatoms. The van der Waals surface area contributed by atoms with E-state index in [4.69, 9.17) is 0 Å². The zero-order valence-electron chi connectivity index (χ0n) is 9.10. The summed E-state index contributed by atoms with van der Waals surface area (Å²) in [5.41, 5.74) is 0.889. The van der Waals surface area contributed by atoms with Gasteiger partial charge in [-0.2, -0.15) is 0 Å². The van der Waals surface area contributed by atoms with Gasteiger partial charge in [-0.1, -0.05) is 6.07 Å². The number of aromatic nitrogens is 1. The summed E-state index contributed by atoms with van der Waals surface area (Å²) in [4.78, 5) is 26.1. The van der Waals surface area contributed by atoms with Gasteiger partial charge in [0.1, 0.15) is 6.42 Å². The van der Waals surface area contributed by atoms with E-state index in [1.54, 1.807) is 25.4 Å². The smallest absolute Gasteiger partial charge is 0.315 e. The number of amides is 1. The first-order valence-corrected chi connectivity index (χ1v) is 5.03. The minimum absolute atomic E-state index is 0.242. The normalized spacial score (nSPS) is 9.56. The third-order valence-corrected chi connectivity index (χ3v) is 1.82. The van der Waals surface area contributed by atoms with Crippen molar-refractivity contribution in [3.8, 4) is 0 Å². The summed E-state index contributed by atoms with van der Waals surface area (Å²) >= 11 is 0. The van der Waals surface area contributed by atoms with Crippen molar-refractivity contribution in [2.45, 2.75) is 19.9 Å². The van der Waals surface area contributed by atoms with Crippen molar-refractivity contribution < 1.29 is 14.3 Å². The summed E-state index contributed by atoms with van der Waals surface area (Å²) in [6.07, 6.45) is 3.07. The molecule has 0 radical (unpaired) electrons. The van der Waals surface area contributed by atoms with E-state index in [1.165, 1.54) is 0 Å². The summed E-state index contributed by atoms with van der Waals surface area (Å²) < 4.78 is 4.65. The summed E-state index contributed by atoms with van der Waals surface area (Å²) in [5.74, 6) is -0.853. The molecule has 0 fully saturated rings. The molecule has 1 heterocycles. The SMILES string of the molecule is CCOC(=O)CC(=O)NCc1cccnc1. The van der Waals surface area contributed by atoms with Crippen LogP contribution in [0.15, 0.2) is 24.5 Å². The predicted octanol–water partition coefficient (Wildman–Crippen LogP) is 0.651. The van der Waals surface area contributed by atoms with E-state index in [1.807, 2.05) is 6.07 Å². The highest BCUT2D eigenvalue weighted by Crippen LogP contribution is 1.95. The quantitative estimate of drug-likeness (QED) is 0.586. The first-order valence-electron chi connectivity index (χ1n) is 5.03. The van der Waals surface area contributed by atoms with Gasteiger partial charge in [-0.15, -0.1) is 0 Å². The lowest BCUT2D eigenvalue weighted by Crippen LogP contribution is -2.26. The Labute approximate surface area is 93.8 Å². The van der Waals surface area contributed by atoms with Gasteiger partial charge in [0.05, 0.1) is 6.61 Å². The van der Waals surface area contributed by atoms with Crippen LogP contribution in [0.25, 0.3) is 0 Å². The van der Waals surface area contributed by atoms with Crippen LogP contribution in [-0.2, 0) is 20.9 Å². The Kier molecular flexibility index (Phi) is 4.98. The number of ether oxygens (including phenoxy) is 1. The predicted molar refractivity (Wildman–Crippen MR) is 57.3 cm³/mol. The highest BCUT2D eigenvalue weighted by atomic mass is 16.5. The third kappa shape index (κ3) is 4.54. The van der Waals surface area contributed by atoms with E-state index in [9.17, 15) is 9.59 Å². The van der Waals surface area contributed by atoms with E-state index in [0.717, 1.165) is 5.56 Å². The maximum atomic E-state index is 11.3. The number of pyridine rings is 1. The van der Waals surface area contributed by atoms with Gasteiger partial charge >= 0.3 is 5.97 Å². The van der Waals surface area contributed by atoms with Crippen molar-refractivity contribution in [1.82, 2.24) is 10.3 Å². The van der Waals surface area contributed by atoms with Crippen LogP contribution in [0.3, 0.4) is 0 Å². The number of nitrogens with one attached hydrogen (secondary N) is 1. The first kappa shape index (κ1) is 12.2. The average molecular weight is 222 g/mol. The number of nitrogens with zero attached hydrogens (tertiary/aromatic N) is 1. The van der Waals surface area contributed by atoms with Gasteiger partial charge in [0.15, 0.2) is 0 Å². The van der Waals surface area contributed by atoms with E-state index >= 15 is 0 Å². The van der Waals surface area contributed by atoms with Crippen LogP contribution in [0.1, 0.15) is 18.9 Å². The molecule has 0 saturated carbocycles. The molecule has 0 aliphatic rings. The monoisotopic (exact) mass is 222 g/mol. The molecule has 5 nitrogen and oxygen atoms in total. The Morgan fingerprint density at radius 1 is 1.50 bits per heavy atom. The molecular formula is C11H14N2O3. The van der Waals surface area contributed by atoms with E-state index < -0.39 is 5.97 Å². The van der Waals surface area contributed by atoms with Crippen molar-refractivity contribution in [3.63, 3.8) is 0 Å². The Morgan fingerprint density at radius 3 is 2.94 bits per heavy atom. The highest BCUT2D eigenvalue weighted by Gasteiger charge is 2.09. The van der Waals surface area contributed by atoms with Crippen LogP contribution in [-0.4, -0.2) is 23.5 Å². The molecule has 0 saturated heterocycles. The molecule has 0 spiro atoms. The van der Waals surface area contributed by atoms with Gasteiger partial charge in [0.25, 0.3) is 0 Å². The van der Waals surface area contributed by atoms with Gasteiger partial charge in [0.2, 0.25) is 5.91 Å². The van der Waals surface area contributed by atoms with Crippen molar-refractivity contribution in [1.29, 1.82) is 0 Å². The van der Waals surface area contributed by atoms with Crippen LogP contribution in [0.2, 0.25) is 0 Å². The molecule has 0 atom stereocenters. The highest BCUT2D eigenvalue weighted by molar-refractivity contribution is 5.94. The lowest BCUT2D eigenvalue weighted by Gasteiger charge is -2.04. The number of esters is 1. The Morgan fingerprint density at radius 2 is 2.31 bits per heavy atom. The molecule has 1 rings (SSSR count). The molecule has 1 amide bonds. The maximum Gasteiger partial charge on any atom is 0.315 e. The molecule has 16 heavy (non-hydrogen) atoms. The van der Waals surface area contributed by atoms with Crippen molar-refractivity contribution >= 4 is 11.9 Å². The standard InChI is InChI=1S/C11H14N2O3/c1-2-16-11(15)6-10(14)13-8-9-4-3-5-12-7-9/h3-5,7H,2,6,8H2,1H3,(H,13,14). The van der Waals surface area contributed by atoms with Gasteiger partial charge in [-0.3, -0.25) is 14.6 Å². The summed E-state index contributed by atoms with van der Waals surface area (Å²) in [6, 6.07) is 3.63. The van der Waals surface area contributed by atoms with Gasteiger partial charge in [0, 0.05) is 18.9 Å². The molecule has 0 aliphatic heterocycles. The minimum atomic E-state index is -0.508. The molecule has 1 N–H and O–H groups in total. The first-order chi connectivity index (χ1) is 7.72. The molecule has 0 unspecified atom stereocenters. The van der Waals surface area contributed by atoms with Crippen LogP contribution in [0.5, 0.6) is 0 Å². The molecule has 1 aromatic heterocycles. The van der Waals surface area contributed by atoms with Crippen LogP contribution in [0, 0.1) is 0 Å². The molecule has 0 bridgehead atoms. The van der Waals surface area contributed by atoms with Crippen LogP contribution >= 0.6 is 0 Å². The largest absolute Gasteiger partial charge is 0.466 e. The second kappa shape index (κ2) is 6.55. The van der Waals surface area contributed by atoms with Gasteiger partial charge in [-0.05, 0) is 18.6 Å². The fourth-order valence-corrected chi connectivity index (χ4v) is 1.11. The third-order valence-electron chi connectivity index (χ3n) is 1.82. The molecule has 0 aliphatic carbocycles. The average Bonchev–Trinajstić information content (AvgIpc) is 2.28. The zero-order valence-corrected chi connectivity index (χ0v) is 9.10. The fourth-order valence-electron chi connectivity index (χ4n) is 1.11. The second-order valence-electron chi connectivity index (χ2n) is 3.12. The van der Waals surface area contributed by atoms with Crippen molar-refractivity contribution in [3.05, 3.63) is 30.1 Å². The maximum absolute atomic E-state index is 11.3. The lowest BCUT2D eigenvalue weighted by molar-refractivity contribution is -0.146. The Balaban J connectivity index is 2.28. The van der Waals surface area contributed by atoms with Crippen molar-refractivity contribution in [2.75, 3.05) is 6.61 Å². The summed E-state index contributed by atoms with van der Waals surface area (Å²) in [6.45, 7) is 2.35. The summed E-state index contributed by atoms with van der Waals surface area (Å²) in [5, 5.41) is 2.61. The van der Waals surface area contributed by atoms with E-state index in [2.05, 4.69) is 15.0 Å². The Bertz CT molecular complexity index is 352. The second-order valence-corrected chi connectivity index (χ2v) is 3.12. The topological polar surface area (TPSA) is 68.3 Å². The number of hydrogen-bond donors (Lipinski definition) is 1. The number of carbonyl (C=O) groups excluding carboxylic acids is 2. The van der Waals surface area contributed by atoms with Crippen molar-refractivity contribution in [2.24, 2.45) is 0 Å². The molecule has 86 valence electrons. The lowest BCUT2D eigenvalue weighted by atomic mass is 10.3. The van der Waals surface area contributed by atoms with Gasteiger partial charge < -0.3 is 10.1 Å². The molecule has 1 aromatic rings. The minimum Gasteiger partial charge on any atom is -0.466 e.